The summed E-state index contributed by atoms with van der Waals surface area (Å²) in [6, 6.07) is 5.64. The molecule has 8 heteroatoms. The lowest BCUT2D eigenvalue weighted by Gasteiger charge is -2.07. The first kappa shape index (κ1) is 13.0. The van der Waals surface area contributed by atoms with Gasteiger partial charge in [-0.2, -0.15) is 15.0 Å². The Morgan fingerprint density at radius 3 is 2.24 bits per heavy atom. The van der Waals surface area contributed by atoms with Gasteiger partial charge in [-0.15, -0.1) is 0 Å². The van der Waals surface area contributed by atoms with Crippen molar-refractivity contribution >= 4 is 66.7 Å². The van der Waals surface area contributed by atoms with Gasteiger partial charge in [-0.3, -0.25) is 0 Å². The van der Waals surface area contributed by atoms with E-state index < -0.39 is 0 Å². The second kappa shape index (κ2) is 5.48. The van der Waals surface area contributed by atoms with Crippen LogP contribution in [0.4, 0.5) is 11.6 Å². The maximum atomic E-state index is 5.68. The zero-order valence-electron chi connectivity index (χ0n) is 8.09. The Bertz CT molecular complexity index is 544. The minimum absolute atomic E-state index is 0.0423. The fourth-order valence-corrected chi connectivity index (χ4v) is 2.60. The lowest BCUT2D eigenvalue weighted by atomic mass is 10.3. The summed E-state index contributed by atoms with van der Waals surface area (Å²) in [4.78, 5) is 11.5. The van der Waals surface area contributed by atoms with Gasteiger partial charge >= 0.3 is 0 Å². The molecule has 2 aromatic rings. The molecule has 1 N–H and O–H groups in total. The molecule has 0 amide bonds. The summed E-state index contributed by atoms with van der Waals surface area (Å²) >= 11 is 18.1. The number of hydrogen-bond acceptors (Lipinski definition) is 4. The average molecular weight is 399 g/mol. The van der Waals surface area contributed by atoms with E-state index in [9.17, 15) is 0 Å². The van der Waals surface area contributed by atoms with E-state index in [-0.39, 0.29) is 16.5 Å². The van der Waals surface area contributed by atoms with E-state index >= 15 is 0 Å². The number of hydrogen-bond donors (Lipinski definition) is 1. The van der Waals surface area contributed by atoms with E-state index in [1.807, 2.05) is 18.2 Å². The Hall–Kier alpha value is -0.430. The van der Waals surface area contributed by atoms with Crippen LogP contribution in [0.3, 0.4) is 0 Å². The van der Waals surface area contributed by atoms with Gasteiger partial charge in [0.2, 0.25) is 16.5 Å². The molecule has 0 aliphatic carbocycles. The third-order valence-electron chi connectivity index (χ3n) is 1.76. The van der Waals surface area contributed by atoms with E-state index in [2.05, 4.69) is 52.1 Å². The van der Waals surface area contributed by atoms with Crippen molar-refractivity contribution in [2.75, 3.05) is 5.32 Å². The maximum Gasteiger partial charge on any atom is 0.232 e. The molecule has 17 heavy (non-hydrogen) atoms. The number of rotatable bonds is 2. The van der Waals surface area contributed by atoms with Gasteiger partial charge in [-0.1, -0.05) is 15.9 Å². The van der Waals surface area contributed by atoms with Gasteiger partial charge in [0.25, 0.3) is 0 Å². The van der Waals surface area contributed by atoms with Crippen molar-refractivity contribution in [2.45, 2.75) is 0 Å². The van der Waals surface area contributed by atoms with Crippen molar-refractivity contribution in [3.05, 3.63) is 37.7 Å². The largest absolute Gasteiger partial charge is 0.323 e. The molecule has 1 aromatic heterocycles. The Balaban J connectivity index is 2.31. The molecule has 0 atom stereocenters. The number of nitrogens with one attached hydrogen (secondary N) is 1. The second-order valence-corrected chi connectivity index (χ2v) is 5.39. The first-order chi connectivity index (χ1) is 8.04. The first-order valence-corrected chi connectivity index (χ1v) is 6.68. The third kappa shape index (κ3) is 3.51. The van der Waals surface area contributed by atoms with Gasteiger partial charge in [0.15, 0.2) is 0 Å². The molecule has 0 aliphatic heterocycles. The summed E-state index contributed by atoms with van der Waals surface area (Å²) in [5, 5.41) is 3.07. The number of aromatic nitrogens is 3. The van der Waals surface area contributed by atoms with Crippen LogP contribution >= 0.6 is 55.1 Å². The predicted octanol–water partition coefficient (Wildman–Crippen LogP) is 4.45. The van der Waals surface area contributed by atoms with Crippen LogP contribution in [0.1, 0.15) is 0 Å². The SMILES string of the molecule is Clc1nc(Cl)nc(Nc2ccc(Br)cc2Br)n1. The zero-order chi connectivity index (χ0) is 12.4. The molecule has 0 aliphatic rings. The van der Waals surface area contributed by atoms with Crippen LogP contribution in [0.15, 0.2) is 27.1 Å². The van der Waals surface area contributed by atoms with Crippen LogP contribution in [0.2, 0.25) is 10.6 Å². The van der Waals surface area contributed by atoms with Crippen LogP contribution in [0.25, 0.3) is 0 Å². The highest BCUT2D eigenvalue weighted by atomic mass is 79.9. The minimum atomic E-state index is 0.0423. The summed E-state index contributed by atoms with van der Waals surface area (Å²) in [5.74, 6) is 0.290. The molecule has 0 fully saturated rings. The van der Waals surface area contributed by atoms with Gasteiger partial charge in [0, 0.05) is 8.95 Å². The van der Waals surface area contributed by atoms with Crippen molar-refractivity contribution < 1.29 is 0 Å². The Labute approximate surface area is 124 Å². The van der Waals surface area contributed by atoms with Gasteiger partial charge in [-0.05, 0) is 57.3 Å². The molecule has 0 unspecified atom stereocenters. The Morgan fingerprint density at radius 2 is 1.65 bits per heavy atom. The highest BCUT2D eigenvalue weighted by Crippen LogP contribution is 2.28. The van der Waals surface area contributed by atoms with E-state index in [1.165, 1.54) is 0 Å². The average Bonchev–Trinajstić information content (AvgIpc) is 2.21. The molecular formula is C9H4Br2Cl2N4. The first-order valence-electron chi connectivity index (χ1n) is 4.34. The van der Waals surface area contributed by atoms with E-state index in [0.29, 0.717) is 0 Å². The normalized spacial score (nSPS) is 10.4. The molecule has 0 saturated heterocycles. The van der Waals surface area contributed by atoms with Crippen LogP contribution in [-0.4, -0.2) is 15.0 Å². The van der Waals surface area contributed by atoms with Crippen molar-refractivity contribution in [2.24, 2.45) is 0 Å². The Kier molecular flexibility index (Phi) is 4.19. The molecule has 2 rings (SSSR count). The second-order valence-electron chi connectivity index (χ2n) is 2.95. The molecule has 88 valence electrons. The maximum absolute atomic E-state index is 5.68. The highest BCUT2D eigenvalue weighted by molar-refractivity contribution is 9.11. The molecule has 1 heterocycles. The zero-order valence-corrected chi connectivity index (χ0v) is 12.8. The lowest BCUT2D eigenvalue weighted by molar-refractivity contribution is 1.05. The van der Waals surface area contributed by atoms with Crippen molar-refractivity contribution in [1.29, 1.82) is 0 Å². The topological polar surface area (TPSA) is 50.7 Å². The molecule has 0 radical (unpaired) electrons. The number of anilines is 2. The van der Waals surface area contributed by atoms with E-state index in [0.717, 1.165) is 14.6 Å². The van der Waals surface area contributed by atoms with Gasteiger partial charge in [-0.25, -0.2) is 0 Å². The molecule has 0 saturated carbocycles. The molecule has 0 spiro atoms. The standard InChI is InChI=1S/C9H4Br2Cl2N4/c10-4-1-2-6(5(11)3-4)14-9-16-7(12)15-8(13)17-9/h1-3H,(H,14,15,16,17). The van der Waals surface area contributed by atoms with Crippen molar-refractivity contribution in [3.63, 3.8) is 0 Å². The summed E-state index contributed by atoms with van der Waals surface area (Å²) in [6.07, 6.45) is 0. The highest BCUT2D eigenvalue weighted by Gasteiger charge is 2.06. The molecule has 1 aromatic carbocycles. The quantitative estimate of drug-likeness (QED) is 0.812. The van der Waals surface area contributed by atoms with Crippen molar-refractivity contribution in [1.82, 2.24) is 15.0 Å². The smallest absolute Gasteiger partial charge is 0.232 e. The fraction of sp³-hybridized carbons (Fsp3) is 0. The third-order valence-corrected chi connectivity index (χ3v) is 3.25. The van der Waals surface area contributed by atoms with Crippen LogP contribution < -0.4 is 5.32 Å². The molecule has 4 nitrogen and oxygen atoms in total. The Morgan fingerprint density at radius 1 is 1.00 bits per heavy atom. The van der Waals surface area contributed by atoms with Crippen LogP contribution in [0, 0.1) is 0 Å². The monoisotopic (exact) mass is 396 g/mol. The fourth-order valence-electron chi connectivity index (χ4n) is 1.09. The van der Waals surface area contributed by atoms with Crippen LogP contribution in [0.5, 0.6) is 0 Å². The predicted molar refractivity (Wildman–Crippen MR) is 75.0 cm³/mol. The van der Waals surface area contributed by atoms with Crippen LogP contribution in [-0.2, 0) is 0 Å². The van der Waals surface area contributed by atoms with E-state index in [4.69, 9.17) is 23.2 Å². The lowest BCUT2D eigenvalue weighted by Crippen LogP contribution is -1.99. The summed E-state index contributed by atoms with van der Waals surface area (Å²) in [7, 11) is 0. The number of halogens is 4. The molecular weight excluding hydrogens is 395 g/mol. The van der Waals surface area contributed by atoms with Gasteiger partial charge in [0.1, 0.15) is 0 Å². The van der Waals surface area contributed by atoms with Gasteiger partial charge in [0.05, 0.1) is 5.69 Å². The summed E-state index contributed by atoms with van der Waals surface area (Å²) in [5.41, 5.74) is 0.798. The van der Waals surface area contributed by atoms with E-state index in [1.54, 1.807) is 0 Å². The summed E-state index contributed by atoms with van der Waals surface area (Å²) < 4.78 is 1.82. The minimum Gasteiger partial charge on any atom is -0.323 e. The number of nitrogens with zero attached hydrogens (tertiary/aromatic N) is 3. The van der Waals surface area contributed by atoms with Gasteiger partial charge < -0.3 is 5.32 Å². The van der Waals surface area contributed by atoms with Crippen molar-refractivity contribution in [3.8, 4) is 0 Å². The summed E-state index contributed by atoms with van der Waals surface area (Å²) in [6.45, 7) is 0. The molecule has 0 bridgehead atoms. The number of benzene rings is 1.